The monoisotopic (exact) mass is 437 g/mol. The Balaban J connectivity index is 1.55. The lowest BCUT2D eigenvalue weighted by Gasteiger charge is -2.30. The maximum Gasteiger partial charge on any atom is 0.250 e. The Morgan fingerprint density at radius 2 is 1.81 bits per heavy atom. The molecule has 0 aliphatic carbocycles. The summed E-state index contributed by atoms with van der Waals surface area (Å²) in [6, 6.07) is 14.7. The first kappa shape index (κ1) is 20.2. The average Bonchev–Trinajstić information content (AvgIpc) is 3.33. The van der Waals surface area contributed by atoms with Crippen LogP contribution in [0.25, 0.3) is 0 Å². The second-order valence-corrected chi connectivity index (χ2v) is 9.37. The van der Waals surface area contributed by atoms with Gasteiger partial charge in [0.1, 0.15) is 5.54 Å². The summed E-state index contributed by atoms with van der Waals surface area (Å²) >= 11 is 6.26. The number of likely N-dealkylation sites (tertiary alicyclic amines) is 1. The Hall–Kier alpha value is -2.70. The number of nitrogens with zero attached hydrogens (tertiary/aromatic N) is 1. The van der Waals surface area contributed by atoms with E-state index in [4.69, 9.17) is 11.6 Å². The second-order valence-electron chi connectivity index (χ2n) is 8.93. The predicted molar refractivity (Wildman–Crippen MR) is 117 cm³/mol. The van der Waals surface area contributed by atoms with E-state index in [1.54, 1.807) is 18.2 Å². The smallest absolute Gasteiger partial charge is 0.250 e. The molecular weight excluding hydrogens is 414 g/mol. The molecular formula is C24H24ClN3O3. The zero-order valence-electron chi connectivity index (χ0n) is 17.4. The molecule has 7 heteroatoms. The SMILES string of the molecule is CC(C)[C@@H]1N[C@@]2(C(=O)Nc3ccc(Cl)cc32)[C@@H]2C(=O)N(CCc3ccccc3)C(=O)[C@@H]21. The Kier molecular flexibility index (Phi) is 4.68. The molecule has 1 spiro atoms. The van der Waals surface area contributed by atoms with Gasteiger partial charge in [-0.3, -0.25) is 24.6 Å². The zero-order valence-corrected chi connectivity index (χ0v) is 18.1. The summed E-state index contributed by atoms with van der Waals surface area (Å²) in [4.78, 5) is 41.8. The number of hydrogen-bond acceptors (Lipinski definition) is 4. The zero-order chi connectivity index (χ0) is 21.9. The minimum absolute atomic E-state index is 0.0636. The van der Waals surface area contributed by atoms with Gasteiger partial charge in [-0.1, -0.05) is 55.8 Å². The van der Waals surface area contributed by atoms with Gasteiger partial charge < -0.3 is 5.32 Å². The van der Waals surface area contributed by atoms with Gasteiger partial charge in [-0.15, -0.1) is 0 Å². The van der Waals surface area contributed by atoms with E-state index in [1.165, 1.54) is 4.90 Å². The second kappa shape index (κ2) is 7.18. The van der Waals surface area contributed by atoms with Crippen LogP contribution >= 0.6 is 11.6 Å². The van der Waals surface area contributed by atoms with Crippen LogP contribution in [0, 0.1) is 17.8 Å². The van der Waals surface area contributed by atoms with Crippen molar-refractivity contribution in [1.82, 2.24) is 10.2 Å². The average molecular weight is 438 g/mol. The van der Waals surface area contributed by atoms with Gasteiger partial charge in [0.05, 0.1) is 11.8 Å². The highest BCUT2D eigenvalue weighted by atomic mass is 35.5. The summed E-state index contributed by atoms with van der Waals surface area (Å²) < 4.78 is 0. The van der Waals surface area contributed by atoms with E-state index in [-0.39, 0.29) is 29.7 Å². The number of anilines is 1. The van der Waals surface area contributed by atoms with Crippen LogP contribution < -0.4 is 10.6 Å². The molecule has 0 bridgehead atoms. The van der Waals surface area contributed by atoms with Crippen molar-refractivity contribution in [2.24, 2.45) is 17.8 Å². The highest BCUT2D eigenvalue weighted by Crippen LogP contribution is 2.54. The Bertz CT molecular complexity index is 1090. The molecule has 4 atom stereocenters. The Labute approximate surface area is 185 Å². The van der Waals surface area contributed by atoms with E-state index >= 15 is 0 Å². The normalized spacial score (nSPS) is 29.1. The summed E-state index contributed by atoms with van der Waals surface area (Å²) in [5.74, 6) is -2.09. The molecule has 0 radical (unpaired) electrons. The first-order chi connectivity index (χ1) is 14.8. The van der Waals surface area contributed by atoms with Gasteiger partial charge in [0.15, 0.2) is 0 Å². The van der Waals surface area contributed by atoms with Crippen LogP contribution in [0.3, 0.4) is 0 Å². The van der Waals surface area contributed by atoms with Gasteiger partial charge in [-0.05, 0) is 36.1 Å². The third-order valence-corrected chi connectivity index (χ3v) is 7.12. The number of amides is 3. The number of benzene rings is 2. The van der Waals surface area contributed by atoms with Crippen molar-refractivity contribution in [2.45, 2.75) is 31.8 Å². The van der Waals surface area contributed by atoms with Crippen molar-refractivity contribution in [2.75, 3.05) is 11.9 Å². The van der Waals surface area contributed by atoms with Crippen molar-refractivity contribution in [3.05, 3.63) is 64.7 Å². The molecule has 3 heterocycles. The molecule has 2 fully saturated rings. The summed E-state index contributed by atoms with van der Waals surface area (Å²) in [5.41, 5.74) is 1.06. The van der Waals surface area contributed by atoms with Crippen LogP contribution in [0.4, 0.5) is 5.69 Å². The summed E-state index contributed by atoms with van der Waals surface area (Å²) in [7, 11) is 0. The van der Waals surface area contributed by atoms with Gasteiger partial charge in [0.2, 0.25) is 17.7 Å². The lowest BCUT2D eigenvalue weighted by molar-refractivity contribution is -0.142. The van der Waals surface area contributed by atoms with Crippen LogP contribution in [-0.2, 0) is 26.3 Å². The van der Waals surface area contributed by atoms with Crippen molar-refractivity contribution >= 4 is 35.0 Å². The maximum atomic E-state index is 13.6. The van der Waals surface area contributed by atoms with Crippen LogP contribution in [0.15, 0.2) is 48.5 Å². The highest BCUT2D eigenvalue weighted by Gasteiger charge is 2.70. The van der Waals surface area contributed by atoms with Crippen LogP contribution in [0.1, 0.15) is 25.0 Å². The molecule has 6 nitrogen and oxygen atoms in total. The number of carbonyl (C=O) groups is 3. The van der Waals surface area contributed by atoms with Gasteiger partial charge in [-0.25, -0.2) is 0 Å². The summed E-state index contributed by atoms with van der Waals surface area (Å²) in [6.45, 7) is 4.31. The highest BCUT2D eigenvalue weighted by molar-refractivity contribution is 6.31. The molecule has 2 aromatic rings. The van der Waals surface area contributed by atoms with Crippen LogP contribution in [0.2, 0.25) is 5.02 Å². The quantitative estimate of drug-likeness (QED) is 0.721. The Morgan fingerprint density at radius 3 is 2.52 bits per heavy atom. The number of nitrogens with one attached hydrogen (secondary N) is 2. The molecule has 2 N–H and O–H groups in total. The van der Waals surface area contributed by atoms with Crippen molar-refractivity contribution < 1.29 is 14.4 Å². The van der Waals surface area contributed by atoms with Crippen molar-refractivity contribution in [3.8, 4) is 0 Å². The van der Waals surface area contributed by atoms with Crippen molar-refractivity contribution in [1.29, 1.82) is 0 Å². The summed E-state index contributed by atoms with van der Waals surface area (Å²) in [5, 5.41) is 6.80. The van der Waals surface area contributed by atoms with E-state index < -0.39 is 17.4 Å². The molecule has 0 saturated carbocycles. The number of imide groups is 1. The maximum absolute atomic E-state index is 13.6. The van der Waals surface area contributed by atoms with E-state index in [0.717, 1.165) is 5.56 Å². The molecule has 0 aromatic heterocycles. The Morgan fingerprint density at radius 1 is 1.06 bits per heavy atom. The fraction of sp³-hybridized carbons (Fsp3) is 0.375. The van der Waals surface area contributed by atoms with Gasteiger partial charge in [0.25, 0.3) is 0 Å². The molecule has 0 unspecified atom stereocenters. The molecule has 160 valence electrons. The molecule has 3 aliphatic rings. The van der Waals surface area contributed by atoms with Crippen LogP contribution in [-0.4, -0.2) is 35.2 Å². The minimum Gasteiger partial charge on any atom is -0.324 e. The van der Waals surface area contributed by atoms with E-state index in [1.807, 2.05) is 44.2 Å². The molecule has 31 heavy (non-hydrogen) atoms. The van der Waals surface area contributed by atoms with Crippen LogP contribution in [0.5, 0.6) is 0 Å². The first-order valence-corrected chi connectivity index (χ1v) is 11.0. The van der Waals surface area contributed by atoms with E-state index in [0.29, 0.717) is 29.2 Å². The molecule has 3 amide bonds. The predicted octanol–water partition coefficient (Wildman–Crippen LogP) is 2.96. The standard InChI is InChI=1S/C24H24ClN3O3/c1-13(2)20-18-19(22(30)28(21(18)29)11-10-14-6-4-3-5-7-14)24(27-20)16-12-15(25)8-9-17(16)26-23(24)31/h3-9,12-13,18-20,27H,10-11H2,1-2H3,(H,26,31)/t18-,19-,20-,24+/m0/s1. The fourth-order valence-electron chi connectivity index (χ4n) is 5.44. The van der Waals surface area contributed by atoms with Gasteiger partial charge in [0, 0.05) is 28.9 Å². The first-order valence-electron chi connectivity index (χ1n) is 10.6. The largest absolute Gasteiger partial charge is 0.324 e. The molecule has 2 saturated heterocycles. The van der Waals surface area contributed by atoms with Gasteiger partial charge in [-0.2, -0.15) is 0 Å². The number of hydrogen-bond donors (Lipinski definition) is 2. The lowest BCUT2D eigenvalue weighted by Crippen LogP contribution is -2.54. The molecule has 2 aromatic carbocycles. The van der Waals surface area contributed by atoms with Gasteiger partial charge >= 0.3 is 0 Å². The lowest BCUT2D eigenvalue weighted by atomic mass is 9.76. The number of carbonyl (C=O) groups excluding carboxylic acids is 3. The third-order valence-electron chi connectivity index (χ3n) is 6.89. The minimum atomic E-state index is -1.28. The molecule has 5 rings (SSSR count). The van der Waals surface area contributed by atoms with E-state index in [2.05, 4.69) is 10.6 Å². The topological polar surface area (TPSA) is 78.5 Å². The molecule has 3 aliphatic heterocycles. The number of fused-ring (bicyclic) bond motifs is 4. The number of halogens is 1. The fourth-order valence-corrected chi connectivity index (χ4v) is 5.62. The number of rotatable bonds is 4. The van der Waals surface area contributed by atoms with E-state index in [9.17, 15) is 14.4 Å². The van der Waals surface area contributed by atoms with Crippen molar-refractivity contribution in [3.63, 3.8) is 0 Å². The summed E-state index contributed by atoms with van der Waals surface area (Å²) in [6.07, 6.45) is 0.582. The third kappa shape index (κ3) is 2.85.